The molecule has 5 aliphatic carbocycles. The number of carbonyl (C=O) groups excluding carboxylic acids is 4. The van der Waals surface area contributed by atoms with Crippen LogP contribution in [0.4, 0.5) is 37.2 Å². The SMILES string of the molecule is Br.CC(C)(C)S(=O)NC(CCC1CC1)(c1cccc(C#N)c1)c1ccc(F)c(N)c1.CC(C)(C)S(N)=O.CC(C)(C)[Si](=O)N=C(CCC1CC1)c1cccc(C#N)c1.CC(C)O.CC(C)O.CC(C)O.CC(C)O.CCC[CH2][SnH]([CH2]CCC)[CH2]CCC.CN(c1c[c-]ccc1F)[Si](C)(C)C.O=CC1CC1.[C-]#[N+]c1cccc(C(=O)/C=C/C2CC2)c1.[C-]#[N+]c1cccc(C(=O)CCC2CC2)c1.[C-]#[N+]c1cccc(C(C)=O)c1.[H-].[K+].[Mg+2].[OH-].[Ti]. The molecule has 818 valence electrons. The Hall–Kier alpha value is -5.81. The topological polar surface area (TPSA) is 371 Å². The van der Waals surface area contributed by atoms with Crippen LogP contribution in [0.15, 0.2) is 175 Å². The summed E-state index contributed by atoms with van der Waals surface area (Å²) >= 11 is -0.967. The summed E-state index contributed by atoms with van der Waals surface area (Å²) in [5.74, 6) is 2.83. The third-order valence-corrected chi connectivity index (χ3v) is 39.5. The van der Waals surface area contributed by atoms with Gasteiger partial charge in [-0.1, -0.05) is 170 Å². The van der Waals surface area contributed by atoms with Crippen LogP contribution < -0.4 is 71.5 Å². The van der Waals surface area contributed by atoms with Crippen LogP contribution in [0, 0.1) is 89.7 Å². The number of aldehydes is 1. The summed E-state index contributed by atoms with van der Waals surface area (Å²) in [5, 5.41) is 55.4. The number of rotatable bonds is 32. The number of nitrogen functional groups attached to an aromatic ring is 1. The van der Waals surface area contributed by atoms with Crippen LogP contribution in [0.5, 0.6) is 0 Å². The number of aliphatic hydroxyl groups is 4. The Morgan fingerprint density at radius 3 is 1.37 bits per heavy atom. The number of aliphatic hydroxyl groups excluding tert-OH is 4. The van der Waals surface area contributed by atoms with Crippen molar-refractivity contribution in [3.8, 4) is 12.1 Å². The molecule has 0 aliphatic heterocycles. The average molecular weight is 2380 g/mol. The van der Waals surface area contributed by atoms with E-state index in [4.69, 9.17) is 56.3 Å². The molecule has 0 heterocycles. The van der Waals surface area contributed by atoms with Crippen molar-refractivity contribution in [2.45, 2.75) is 364 Å². The number of nitrogens with two attached hydrogens (primary N) is 2. The van der Waals surface area contributed by atoms with Gasteiger partial charge in [0.15, 0.2) is 34.4 Å². The Morgan fingerprint density at radius 2 is 1.00 bits per heavy atom. The van der Waals surface area contributed by atoms with E-state index in [2.05, 4.69) is 82.5 Å². The molecule has 12 rings (SSSR count). The average Bonchev–Trinajstić information content (AvgIpc) is 1.54. The number of nitrogens with zero attached hydrogens (tertiary/aromatic N) is 7. The zero-order chi connectivity index (χ0) is 110. The zero-order valence-corrected chi connectivity index (χ0v) is 110. The molecule has 0 spiro atoms. The molecule has 7 aromatic carbocycles. The molecule has 0 amide bonds. The number of Topliss-reactive ketones (excluding diaryl/α,β-unsaturated/α-hetero) is 2. The fourth-order valence-corrected chi connectivity index (χ4v) is 26.0. The molecule has 0 aromatic heterocycles. The minimum atomic E-state index is -2.04. The van der Waals surface area contributed by atoms with Crippen molar-refractivity contribution in [2.75, 3.05) is 17.3 Å². The van der Waals surface area contributed by atoms with Crippen LogP contribution >= 0.6 is 17.0 Å². The first kappa shape index (κ1) is 155. The summed E-state index contributed by atoms with van der Waals surface area (Å²) in [6, 6.07) is 51.9. The van der Waals surface area contributed by atoms with E-state index >= 15 is 0 Å². The Morgan fingerprint density at radius 1 is 0.607 bits per heavy atom. The Bertz CT molecular complexity index is 5340. The molecule has 22 nitrogen and oxygen atoms in total. The molecule has 150 heavy (non-hydrogen) atoms. The second-order valence-electron chi connectivity index (χ2n) is 42.3. The number of hydrogen-bond acceptors (Lipinski definition) is 16. The summed E-state index contributed by atoms with van der Waals surface area (Å²) in [7, 11) is -4.13. The fraction of sp³-hybridized carbons (Fsp3) is 0.538. The number of anilines is 2. The van der Waals surface area contributed by atoms with Gasteiger partial charge >= 0.3 is 176 Å². The standard InChI is InChI=1S/C23H28FN3OS.C17H22N2OSi.C13H13NO.C13H11NO.C10H15FNSi.C9H7NO.C4H11NOS.C4H6O.3C4H9.4C3H8O.BrH.K.Mg.H2O.Sn.Ti.2H/c1-22(2,3)29(28)27-23(12-11-16-7-8-16,18-6-4-5-17(13-18)15-25)19-9-10-20(24)21(26)14-19;1-17(2,3)21(20)19-16(10-9-13-7-8-13)15-6-4-5-14(11-15)12-18;2*1-14-12-4-2-3-11(9-12)13(15)8-7-10-5-6-10;1-12(13(2,3)4)10-8-6-5-7-9(10)11;1-7(11)8-4-3-5-9(6-8)10-2;1-4(2,3)7(5)6;5-3-4-1-2-4;3*1-3-4-2;4*1-3(2)4;;;;;;;;/h4-6,9-10,13-14,16,27H,7-8,11-12,26H2,1-3H3;4-6,11,13H,7-10H2,1-3H3;2-4,9-10H,5-8H2;2-4,7-10H,5-6H2;5,7-8H,1-4H3;3-6H,1H3;5H2,1-3H3;3-4H,1-2H2;3*1,3-4H2,2H3;4*3-4H,1-2H3;1H;;;1H2;;;;/q;;;;-1;;;;;;;;;;;;+1;+2;;;;;-1/p-1/b;;;8-7+;;;;;;;;;;;;;;;;;;;. The summed E-state index contributed by atoms with van der Waals surface area (Å²) in [4.78, 5) is 53.6. The van der Waals surface area contributed by atoms with Crippen LogP contribution in [0.3, 0.4) is 0 Å². The van der Waals surface area contributed by atoms with Gasteiger partial charge in [-0.2, -0.15) is 28.7 Å². The number of allylic oxidation sites excluding steroid dienone is 2. The molecule has 3 unspecified atom stereocenters. The van der Waals surface area contributed by atoms with E-state index in [9.17, 15) is 46.1 Å². The molecular formula is C117H176BrF2KMgN10O12S2Si2SnTi. The smallest absolute Gasteiger partial charge is 1.00 e. The van der Waals surface area contributed by atoms with Crippen LogP contribution in [0.25, 0.3) is 14.5 Å². The normalized spacial score (nSPS) is 13.6. The number of hydrogen-bond donors (Lipinski definition) is 7. The van der Waals surface area contributed by atoms with Crippen molar-refractivity contribution in [3.05, 3.63) is 266 Å². The number of nitrogens with one attached hydrogen (secondary N) is 1. The first-order valence-electron chi connectivity index (χ1n) is 51.3. The van der Waals surface area contributed by atoms with Gasteiger partial charge in [0, 0.05) is 91.7 Å². The molecule has 7 aromatic rings. The van der Waals surface area contributed by atoms with Gasteiger partial charge in [0.2, 0.25) is 0 Å². The molecule has 0 bridgehead atoms. The zero-order valence-electron chi connectivity index (χ0n) is 95.8. The van der Waals surface area contributed by atoms with Crippen molar-refractivity contribution in [1.29, 1.82) is 10.5 Å². The third-order valence-electron chi connectivity index (χ3n) is 22.1. The van der Waals surface area contributed by atoms with E-state index in [0.717, 1.165) is 79.0 Å². The first-order valence-corrected chi connectivity index (χ1v) is 65.4. The fourth-order valence-electron chi connectivity index (χ4n) is 12.4. The quantitative estimate of drug-likeness (QED) is 0.00392. The second-order valence-corrected chi connectivity index (χ2v) is 63.3. The van der Waals surface area contributed by atoms with Crippen LogP contribution in [-0.2, 0) is 58.5 Å². The van der Waals surface area contributed by atoms with Gasteiger partial charge in [-0.05, 0) is 275 Å². The number of carbonyl (C=O) groups is 4. The van der Waals surface area contributed by atoms with Gasteiger partial charge in [-0.15, -0.1) is 23.0 Å². The molecule has 0 radical (unpaired) electrons. The maximum atomic E-state index is 13.9. The van der Waals surface area contributed by atoms with Gasteiger partial charge in [-0.25, -0.2) is 36.5 Å². The van der Waals surface area contributed by atoms with Crippen LogP contribution in [-0.4, -0.2) is 165 Å². The maximum Gasteiger partial charge on any atom is 2.00 e. The Kier molecular flexibility index (Phi) is 87.1. The predicted molar refractivity (Wildman–Crippen MR) is 625 cm³/mol. The van der Waals surface area contributed by atoms with E-state index in [1.165, 1.54) is 109 Å². The Balaban J connectivity index is -0.000000310. The molecule has 0 saturated heterocycles. The molecule has 5 fully saturated rings. The molecule has 5 aliphatic rings. The summed E-state index contributed by atoms with van der Waals surface area (Å²) in [6.45, 7) is 66.4. The molecule has 10 N–H and O–H groups in total. The molecular weight excluding hydrogens is 2210 g/mol. The van der Waals surface area contributed by atoms with E-state index in [1.807, 2.05) is 116 Å². The van der Waals surface area contributed by atoms with Gasteiger partial charge < -0.3 is 46.9 Å². The number of benzene rings is 7. The number of halogens is 3. The van der Waals surface area contributed by atoms with Crippen molar-refractivity contribution in [2.24, 2.45) is 39.4 Å². The second kappa shape index (κ2) is 84.4. The minimum Gasteiger partial charge on any atom is -1.00 e. The third kappa shape index (κ3) is 75.9. The van der Waals surface area contributed by atoms with Gasteiger partial charge in [0.05, 0.1) is 85.7 Å². The van der Waals surface area contributed by atoms with Crippen LogP contribution in [0.1, 0.15) is 347 Å². The summed E-state index contributed by atoms with van der Waals surface area (Å²) in [5.41, 5.74) is 13.8. The van der Waals surface area contributed by atoms with Crippen molar-refractivity contribution < 1.29 is 141 Å². The number of unbranched alkanes of at least 4 members (excludes halogenated alkanes) is 3. The predicted octanol–water partition coefficient (Wildman–Crippen LogP) is 25.7. The van der Waals surface area contributed by atoms with Crippen LogP contribution in [0.2, 0.25) is 38.0 Å². The summed E-state index contributed by atoms with van der Waals surface area (Å²) < 4.78 is 77.5. The van der Waals surface area contributed by atoms with Crippen molar-refractivity contribution in [1.82, 2.24) is 4.72 Å². The van der Waals surface area contributed by atoms with Gasteiger partial charge in [0.1, 0.15) is 20.3 Å². The summed E-state index contributed by atoms with van der Waals surface area (Å²) in [6.07, 6.45) is 30.3. The van der Waals surface area contributed by atoms with Crippen molar-refractivity contribution >= 4 is 157 Å². The molecule has 33 heteroatoms. The largest absolute Gasteiger partial charge is 2.00 e. The molecule has 3 atom stereocenters. The van der Waals surface area contributed by atoms with E-state index in [-0.39, 0.29) is 183 Å². The number of nitriles is 2. The number of ketones is 3. The first-order chi connectivity index (χ1) is 67.9. The van der Waals surface area contributed by atoms with E-state index in [0.29, 0.717) is 81.2 Å². The van der Waals surface area contributed by atoms with Gasteiger partial charge in [-0.3, -0.25) is 24.2 Å². The van der Waals surface area contributed by atoms with Crippen molar-refractivity contribution in [3.63, 3.8) is 0 Å². The minimum absolute atomic E-state index is 0. The maximum absolute atomic E-state index is 13.9. The van der Waals surface area contributed by atoms with E-state index < -0.39 is 74.9 Å². The molecule has 5 saturated carbocycles. The van der Waals surface area contributed by atoms with E-state index in [1.54, 1.807) is 184 Å². The van der Waals surface area contributed by atoms with Gasteiger partial charge in [0.25, 0.3) is 0 Å². The Labute approximate surface area is 1000 Å². The monoisotopic (exact) mass is 2380 g/mol.